The number of amides is 3. The first kappa shape index (κ1) is 10.8. The summed E-state index contributed by atoms with van der Waals surface area (Å²) in [5, 5.41) is 2.51. The van der Waals surface area contributed by atoms with Crippen molar-refractivity contribution < 1.29 is 14.4 Å². The largest absolute Gasteiger partial charge is 0.354 e. The topological polar surface area (TPSA) is 66.5 Å². The summed E-state index contributed by atoms with van der Waals surface area (Å²) in [4.78, 5) is 33.9. The second-order valence-corrected chi connectivity index (χ2v) is 2.99. The lowest BCUT2D eigenvalue weighted by Gasteiger charge is -2.13. The molecule has 5 nitrogen and oxygen atoms in total. The van der Waals surface area contributed by atoms with Gasteiger partial charge in [0.25, 0.3) is 11.8 Å². The van der Waals surface area contributed by atoms with Crippen LogP contribution >= 0.6 is 12.6 Å². The molecule has 0 radical (unpaired) electrons. The molecule has 14 heavy (non-hydrogen) atoms. The van der Waals surface area contributed by atoms with Crippen LogP contribution in [0.4, 0.5) is 0 Å². The Labute approximate surface area is 86.5 Å². The van der Waals surface area contributed by atoms with E-state index in [-0.39, 0.29) is 36.6 Å². The van der Waals surface area contributed by atoms with Crippen LogP contribution < -0.4 is 5.32 Å². The van der Waals surface area contributed by atoms with E-state index in [4.69, 9.17) is 0 Å². The van der Waals surface area contributed by atoms with Crippen molar-refractivity contribution in [3.8, 4) is 0 Å². The third kappa shape index (κ3) is 2.59. The maximum absolute atomic E-state index is 11.0. The fourth-order valence-electron chi connectivity index (χ4n) is 1.01. The molecule has 0 aromatic heterocycles. The van der Waals surface area contributed by atoms with Crippen LogP contribution in [0.15, 0.2) is 12.2 Å². The Balaban J connectivity index is 2.29. The van der Waals surface area contributed by atoms with E-state index in [1.807, 2.05) is 0 Å². The highest BCUT2D eigenvalue weighted by Gasteiger charge is 2.22. The number of rotatable bonds is 4. The lowest BCUT2D eigenvalue weighted by molar-refractivity contribution is -0.137. The molecule has 0 saturated carbocycles. The Morgan fingerprint density at radius 1 is 1.36 bits per heavy atom. The number of hydrogen-bond acceptors (Lipinski definition) is 4. The van der Waals surface area contributed by atoms with E-state index >= 15 is 0 Å². The summed E-state index contributed by atoms with van der Waals surface area (Å²) in [5.74, 6) is -0.800. The maximum atomic E-state index is 11.0. The van der Waals surface area contributed by atoms with E-state index < -0.39 is 0 Å². The van der Waals surface area contributed by atoms with Crippen molar-refractivity contribution in [2.45, 2.75) is 0 Å². The highest BCUT2D eigenvalue weighted by molar-refractivity contribution is 7.81. The second kappa shape index (κ2) is 4.80. The summed E-state index contributed by atoms with van der Waals surface area (Å²) in [5.41, 5.74) is 0. The van der Waals surface area contributed by atoms with E-state index in [0.29, 0.717) is 0 Å². The minimum Gasteiger partial charge on any atom is -0.354 e. The molecule has 6 heteroatoms. The molecule has 1 N–H and O–H groups in total. The zero-order valence-electron chi connectivity index (χ0n) is 7.40. The first-order valence-electron chi connectivity index (χ1n) is 4.06. The first-order chi connectivity index (χ1) is 6.65. The van der Waals surface area contributed by atoms with E-state index in [1.165, 1.54) is 12.2 Å². The van der Waals surface area contributed by atoms with Crippen LogP contribution in [-0.2, 0) is 14.4 Å². The summed E-state index contributed by atoms with van der Waals surface area (Å²) in [7, 11) is 0. The standard InChI is InChI=1S/C8H10N2O3S/c11-6(5-14)9-3-4-10-7(12)1-2-8(10)13/h1-2,14H,3-5H2,(H,9,11). The lowest BCUT2D eigenvalue weighted by Crippen LogP contribution is -2.38. The molecule has 1 aliphatic rings. The number of thiol groups is 1. The van der Waals surface area contributed by atoms with E-state index in [0.717, 1.165) is 4.90 Å². The SMILES string of the molecule is O=C(CS)NCCN1C(=O)C=CC1=O. The van der Waals surface area contributed by atoms with Gasteiger partial charge in [-0.3, -0.25) is 19.3 Å². The summed E-state index contributed by atoms with van der Waals surface area (Å²) >= 11 is 3.76. The van der Waals surface area contributed by atoms with Gasteiger partial charge in [0.05, 0.1) is 5.75 Å². The lowest BCUT2D eigenvalue weighted by atomic mass is 10.5. The number of imide groups is 1. The molecule has 0 aromatic rings. The van der Waals surface area contributed by atoms with Crippen molar-refractivity contribution >= 4 is 30.4 Å². The molecule has 0 fully saturated rings. The smallest absolute Gasteiger partial charge is 0.253 e. The average Bonchev–Trinajstić information content (AvgIpc) is 2.48. The molecule has 3 amide bonds. The number of hydrogen-bond donors (Lipinski definition) is 2. The molecule has 1 heterocycles. The van der Waals surface area contributed by atoms with Crippen molar-refractivity contribution in [2.75, 3.05) is 18.8 Å². The average molecular weight is 214 g/mol. The van der Waals surface area contributed by atoms with Crippen LogP contribution in [0.1, 0.15) is 0 Å². The second-order valence-electron chi connectivity index (χ2n) is 2.67. The molecule has 0 atom stereocenters. The molecule has 0 spiro atoms. The summed E-state index contributed by atoms with van der Waals surface area (Å²) in [6.07, 6.45) is 2.42. The Bertz CT molecular complexity index is 283. The number of nitrogens with one attached hydrogen (secondary N) is 1. The molecule has 0 unspecified atom stereocenters. The molecule has 0 saturated heterocycles. The van der Waals surface area contributed by atoms with Crippen molar-refractivity contribution in [1.82, 2.24) is 10.2 Å². The Morgan fingerprint density at radius 3 is 2.43 bits per heavy atom. The molecule has 1 rings (SSSR count). The first-order valence-corrected chi connectivity index (χ1v) is 4.69. The van der Waals surface area contributed by atoms with Gasteiger partial charge in [0.1, 0.15) is 0 Å². The molecule has 0 aromatic carbocycles. The van der Waals surface area contributed by atoms with Crippen molar-refractivity contribution in [3.05, 3.63) is 12.2 Å². The van der Waals surface area contributed by atoms with Crippen LogP contribution in [0, 0.1) is 0 Å². The van der Waals surface area contributed by atoms with Gasteiger partial charge in [-0.1, -0.05) is 0 Å². The molecule has 0 aliphatic carbocycles. The summed E-state index contributed by atoms with van der Waals surface area (Å²) < 4.78 is 0. The third-order valence-corrected chi connectivity index (χ3v) is 1.99. The number of carbonyl (C=O) groups is 3. The molecule has 0 bridgehead atoms. The van der Waals surface area contributed by atoms with E-state index in [9.17, 15) is 14.4 Å². The van der Waals surface area contributed by atoms with Crippen LogP contribution in [0.25, 0.3) is 0 Å². The normalized spacial score (nSPS) is 15.1. The highest BCUT2D eigenvalue weighted by atomic mass is 32.1. The van der Waals surface area contributed by atoms with Crippen molar-refractivity contribution in [3.63, 3.8) is 0 Å². The van der Waals surface area contributed by atoms with Crippen molar-refractivity contribution in [1.29, 1.82) is 0 Å². The zero-order valence-corrected chi connectivity index (χ0v) is 8.29. The zero-order chi connectivity index (χ0) is 10.6. The fraction of sp³-hybridized carbons (Fsp3) is 0.375. The predicted octanol–water partition coefficient (Wildman–Crippen LogP) is -1.04. The highest BCUT2D eigenvalue weighted by Crippen LogP contribution is 2.01. The third-order valence-electron chi connectivity index (χ3n) is 1.70. The minimum atomic E-state index is -0.338. The Hall–Kier alpha value is -1.30. The van der Waals surface area contributed by atoms with Crippen molar-refractivity contribution in [2.24, 2.45) is 0 Å². The van der Waals surface area contributed by atoms with Gasteiger partial charge in [-0.25, -0.2) is 0 Å². The van der Waals surface area contributed by atoms with Gasteiger partial charge in [0.2, 0.25) is 5.91 Å². The van der Waals surface area contributed by atoms with Gasteiger partial charge in [-0.2, -0.15) is 12.6 Å². The fourth-order valence-corrected chi connectivity index (χ4v) is 1.13. The van der Waals surface area contributed by atoms with Gasteiger partial charge in [-0.05, 0) is 0 Å². The molecule has 1 aliphatic heterocycles. The van der Waals surface area contributed by atoms with Crippen LogP contribution in [0.2, 0.25) is 0 Å². The van der Waals surface area contributed by atoms with Crippen LogP contribution in [-0.4, -0.2) is 41.5 Å². The van der Waals surface area contributed by atoms with Gasteiger partial charge >= 0.3 is 0 Å². The summed E-state index contributed by atoms with van der Waals surface area (Å²) in [6.45, 7) is 0.461. The molecular weight excluding hydrogens is 204 g/mol. The minimum absolute atomic E-state index is 0.0974. The van der Waals surface area contributed by atoms with Crippen LogP contribution in [0.3, 0.4) is 0 Å². The van der Waals surface area contributed by atoms with Gasteiger partial charge < -0.3 is 5.32 Å². The van der Waals surface area contributed by atoms with E-state index in [1.54, 1.807) is 0 Å². The summed E-state index contributed by atoms with van der Waals surface area (Å²) in [6, 6.07) is 0. The predicted molar refractivity (Wildman–Crippen MR) is 52.7 cm³/mol. The number of carbonyl (C=O) groups excluding carboxylic acids is 3. The monoisotopic (exact) mass is 214 g/mol. The maximum Gasteiger partial charge on any atom is 0.253 e. The van der Waals surface area contributed by atoms with Crippen LogP contribution in [0.5, 0.6) is 0 Å². The number of nitrogens with zero attached hydrogens (tertiary/aromatic N) is 1. The van der Waals surface area contributed by atoms with E-state index in [2.05, 4.69) is 17.9 Å². The van der Waals surface area contributed by atoms with Gasteiger partial charge in [0, 0.05) is 25.2 Å². The Kier molecular flexibility index (Phi) is 3.70. The molecular formula is C8H10N2O3S. The van der Waals surface area contributed by atoms with Gasteiger partial charge in [0.15, 0.2) is 0 Å². The Morgan fingerprint density at radius 2 is 1.93 bits per heavy atom. The molecule has 76 valence electrons. The van der Waals surface area contributed by atoms with Gasteiger partial charge in [-0.15, -0.1) is 0 Å². The quantitative estimate of drug-likeness (QED) is 0.464.